The molecule has 0 saturated carbocycles. The van der Waals surface area contributed by atoms with Gasteiger partial charge in [-0.25, -0.2) is 14.5 Å². The first-order valence-electron chi connectivity index (χ1n) is 13.1. The molecule has 7 rings (SSSR count). The molecule has 3 saturated heterocycles. The van der Waals surface area contributed by atoms with Gasteiger partial charge >= 0.3 is 13.5 Å². The quantitative estimate of drug-likeness (QED) is 0.0820. The summed E-state index contributed by atoms with van der Waals surface area (Å²) in [5.74, 6) is -0.476. The Morgan fingerprint density at radius 2 is 1.33 bits per heavy atom. The van der Waals surface area contributed by atoms with Gasteiger partial charge in [-0.1, -0.05) is 12.2 Å². The Morgan fingerprint density at radius 3 is 1.83 bits per heavy atom. The smallest absolute Gasteiger partial charge is 0.386 e. The number of imidazole rings is 2. The van der Waals surface area contributed by atoms with Gasteiger partial charge in [0.25, 0.3) is 11.1 Å². The molecule has 0 spiro atoms. The number of thiol groups is 1. The van der Waals surface area contributed by atoms with Crippen LogP contribution in [0.1, 0.15) is 12.5 Å². The summed E-state index contributed by atoms with van der Waals surface area (Å²) in [5, 5.41) is 22.4. The summed E-state index contributed by atoms with van der Waals surface area (Å²) in [6.45, 7) is -9.91. The van der Waals surface area contributed by atoms with Crippen LogP contribution in [0.3, 0.4) is 0 Å². The zero-order chi connectivity index (χ0) is 32.7. The van der Waals surface area contributed by atoms with Crippen LogP contribution in [0.25, 0.3) is 22.3 Å². The number of aromatic amines is 2. The molecule has 9 N–H and O–H groups in total. The number of fused-ring (bicyclic) bond motifs is 6. The van der Waals surface area contributed by atoms with E-state index in [1.807, 2.05) is 0 Å². The van der Waals surface area contributed by atoms with E-state index in [9.17, 15) is 29.3 Å². The molecule has 0 aliphatic carbocycles. The number of nitrogens with zero attached hydrogens (tertiary/aromatic N) is 6. The molecule has 4 aromatic heterocycles. The lowest BCUT2D eigenvalue weighted by molar-refractivity contribution is -0.0600. The van der Waals surface area contributed by atoms with Gasteiger partial charge in [-0.05, 0) is 11.8 Å². The summed E-state index contributed by atoms with van der Waals surface area (Å²) < 4.78 is 50.2. The fourth-order valence-corrected chi connectivity index (χ4v) is 8.22. The molecule has 10 atom stereocenters. The van der Waals surface area contributed by atoms with Gasteiger partial charge in [0.05, 0.1) is 25.9 Å². The Labute approximate surface area is 264 Å². The van der Waals surface area contributed by atoms with Crippen molar-refractivity contribution in [1.29, 1.82) is 0 Å². The van der Waals surface area contributed by atoms with Crippen molar-refractivity contribution in [3.63, 3.8) is 0 Å². The molecule has 4 bridgehead atoms. The van der Waals surface area contributed by atoms with Crippen LogP contribution >= 0.6 is 25.8 Å². The van der Waals surface area contributed by atoms with E-state index in [1.165, 1.54) is 21.8 Å². The first kappa shape index (κ1) is 31.8. The minimum atomic E-state index is -4.40. The minimum Gasteiger partial charge on any atom is -0.387 e. The van der Waals surface area contributed by atoms with Gasteiger partial charge in [-0.2, -0.15) is 9.97 Å². The van der Waals surface area contributed by atoms with E-state index < -0.39 is 86.9 Å². The van der Waals surface area contributed by atoms with Crippen LogP contribution in [-0.2, 0) is 43.9 Å². The van der Waals surface area contributed by atoms with Crippen LogP contribution in [0, 0.1) is 0 Å². The number of anilines is 2. The zero-order valence-corrected chi connectivity index (χ0v) is 26.3. The third-order valence-corrected chi connectivity index (χ3v) is 10.6. The number of aliphatic hydroxyl groups is 2. The number of nitrogens with one attached hydrogen (secondary N) is 2. The fourth-order valence-electron chi connectivity index (χ4n) is 5.35. The highest BCUT2D eigenvalue weighted by Crippen LogP contribution is 2.58. The zero-order valence-electron chi connectivity index (χ0n) is 22.8. The van der Waals surface area contributed by atoms with Crippen LogP contribution in [0.5, 0.6) is 0 Å². The highest BCUT2D eigenvalue weighted by Gasteiger charge is 2.53. The Kier molecular flexibility index (Phi) is 7.87. The molecule has 0 radical (unpaired) electrons. The van der Waals surface area contributed by atoms with Crippen molar-refractivity contribution in [2.24, 2.45) is 0 Å². The minimum absolute atomic E-state index is 0.0490. The molecule has 3 aliphatic rings. The first-order chi connectivity index (χ1) is 21.7. The molecular formula is C20H24N10O12P2S2. The van der Waals surface area contributed by atoms with Gasteiger partial charge in [-0.15, -0.1) is 0 Å². The summed E-state index contributed by atoms with van der Waals surface area (Å²) in [4.78, 5) is 56.5. The van der Waals surface area contributed by atoms with Crippen LogP contribution in [0.15, 0.2) is 22.2 Å². The van der Waals surface area contributed by atoms with Crippen LogP contribution < -0.4 is 22.6 Å². The summed E-state index contributed by atoms with van der Waals surface area (Å²) in [6.07, 6.45) is -9.21. The number of ether oxygens (including phenoxy) is 2. The number of rotatable bonds is 2. The number of H-pyrrole nitrogens is 2. The van der Waals surface area contributed by atoms with E-state index in [0.717, 1.165) is 0 Å². The lowest BCUT2D eigenvalue weighted by Crippen LogP contribution is -2.37. The third kappa shape index (κ3) is 5.57. The maximum absolute atomic E-state index is 13.5. The van der Waals surface area contributed by atoms with E-state index >= 15 is 0 Å². The molecule has 3 aliphatic heterocycles. The van der Waals surface area contributed by atoms with Crippen molar-refractivity contribution in [1.82, 2.24) is 39.0 Å². The lowest BCUT2D eigenvalue weighted by atomic mass is 10.1. The van der Waals surface area contributed by atoms with E-state index in [0.29, 0.717) is 0 Å². The highest BCUT2D eigenvalue weighted by atomic mass is 32.7. The molecule has 46 heavy (non-hydrogen) atoms. The molecule has 248 valence electrons. The average molecular weight is 723 g/mol. The van der Waals surface area contributed by atoms with Crippen molar-refractivity contribution >= 4 is 71.8 Å². The molecule has 0 amide bonds. The maximum Gasteiger partial charge on any atom is 0.386 e. The third-order valence-electron chi connectivity index (χ3n) is 7.39. The Morgan fingerprint density at radius 1 is 0.870 bits per heavy atom. The number of hydrogen-bond acceptors (Lipinski definition) is 18. The second kappa shape index (κ2) is 11.4. The van der Waals surface area contributed by atoms with Crippen LogP contribution in [0.4, 0.5) is 11.9 Å². The van der Waals surface area contributed by atoms with Gasteiger partial charge in [0.1, 0.15) is 36.6 Å². The SMILES string of the molecule is Nc1nc2c(ncn2[C@@H]2O[C@@H]3COP(O)(=S)O[C@@H]4[C@H](O)[C@@H](COP(=O)(S)O[C@@H]2[C@@H]3O)O[C@H]4n2cnc3c(=O)[nH]c(N)nc32)c(=O)[nH]1. The van der Waals surface area contributed by atoms with Crippen LogP contribution in [0.2, 0.25) is 0 Å². The normalized spacial score (nSPS) is 37.1. The number of nitrogen functional groups attached to an aromatic ring is 2. The van der Waals surface area contributed by atoms with E-state index in [-0.39, 0.29) is 34.2 Å². The van der Waals surface area contributed by atoms with Crippen molar-refractivity contribution < 1.29 is 47.2 Å². The topological polar surface area (TPSA) is 312 Å². The number of nitrogens with two attached hydrogens (primary N) is 2. The predicted molar refractivity (Wildman–Crippen MR) is 160 cm³/mol. The molecule has 3 fully saturated rings. The van der Waals surface area contributed by atoms with Crippen molar-refractivity contribution in [2.75, 3.05) is 24.7 Å². The molecule has 22 nitrogen and oxygen atoms in total. The molecule has 2 unspecified atom stereocenters. The number of aliphatic hydroxyl groups excluding tert-OH is 2. The summed E-state index contributed by atoms with van der Waals surface area (Å²) in [7, 11) is 0. The molecule has 0 aromatic carbocycles. The fraction of sp³-hybridized carbons (Fsp3) is 0.500. The van der Waals surface area contributed by atoms with Gasteiger partial charge < -0.3 is 40.6 Å². The second-order valence-electron chi connectivity index (χ2n) is 10.3. The largest absolute Gasteiger partial charge is 0.387 e. The van der Waals surface area contributed by atoms with Crippen molar-refractivity contribution in [3.8, 4) is 0 Å². The molecule has 7 heterocycles. The second-order valence-corrected chi connectivity index (χ2v) is 16.0. The first-order valence-corrected chi connectivity index (χ1v) is 18.4. The van der Waals surface area contributed by atoms with Gasteiger partial charge in [0.15, 0.2) is 34.8 Å². The van der Waals surface area contributed by atoms with E-state index in [2.05, 4.69) is 42.2 Å². The standard InChI is InChI=1S/C20H24N10O12P2S2/c21-19-25-13-7(15(33)27-19)23-3-29(13)17-11-9(31)5(39-17)1-37-43(35,45)41-12-10(32)6(2-38-44(36,46)42-11)40-18(12)30-4-24-8-14(30)26-20(22)28-16(8)34/h3-6,9-12,17-18,31-32H,1-2H2,(H,35,45)(H,36,46)(H3,21,25,27,33)(H3,22,26,28,34)/t5-,6-,9-,10-,11-,12-,17-,18-,43?,44?/m1/s1. The average Bonchev–Trinajstić information content (AvgIpc) is 3.72. The number of aromatic nitrogens is 8. The Balaban J connectivity index is 1.23. The van der Waals surface area contributed by atoms with Gasteiger partial charge in [-0.3, -0.25) is 42.3 Å². The Bertz CT molecular complexity index is 1910. The van der Waals surface area contributed by atoms with E-state index in [4.69, 9.17) is 50.8 Å². The summed E-state index contributed by atoms with van der Waals surface area (Å²) in [5.41, 5.74) is 9.76. The maximum atomic E-state index is 13.5. The molecular weight excluding hydrogens is 698 g/mol. The van der Waals surface area contributed by atoms with Gasteiger partial charge in [0.2, 0.25) is 11.9 Å². The molecule has 26 heteroatoms. The van der Waals surface area contributed by atoms with Crippen LogP contribution in [-0.4, -0.2) is 104 Å². The summed E-state index contributed by atoms with van der Waals surface area (Å²) >= 11 is 9.27. The predicted octanol–water partition coefficient (Wildman–Crippen LogP) is -1.99. The van der Waals surface area contributed by atoms with Crippen molar-refractivity contribution in [2.45, 2.75) is 49.1 Å². The number of hydrogen-bond donors (Lipinski definition) is 8. The Hall–Kier alpha value is -2.83. The highest BCUT2D eigenvalue weighted by molar-refractivity contribution is 8.44. The monoisotopic (exact) mass is 722 g/mol. The van der Waals surface area contributed by atoms with E-state index in [1.54, 1.807) is 0 Å². The summed E-state index contributed by atoms with van der Waals surface area (Å²) in [6, 6.07) is 0. The van der Waals surface area contributed by atoms with Gasteiger partial charge in [0, 0.05) is 0 Å². The molecule has 4 aromatic rings. The van der Waals surface area contributed by atoms with Crippen molar-refractivity contribution in [3.05, 3.63) is 33.4 Å². The lowest BCUT2D eigenvalue weighted by Gasteiger charge is -2.27.